The third-order valence-corrected chi connectivity index (χ3v) is 3.06. The van der Waals surface area contributed by atoms with Gasteiger partial charge in [0.05, 0.1) is 6.54 Å². The average molecular weight is 314 g/mol. The first-order valence-electron chi connectivity index (χ1n) is 6.93. The quantitative estimate of drug-likeness (QED) is 0.718. The number of aryl methyl sites for hydroxylation is 1. The van der Waals surface area contributed by atoms with E-state index in [4.69, 9.17) is 4.52 Å². The minimum absolute atomic E-state index is 0.202. The lowest BCUT2D eigenvalue weighted by molar-refractivity contribution is 0.0942. The molecule has 0 atom stereocenters. The zero-order valence-electron chi connectivity index (χ0n) is 12.3. The van der Waals surface area contributed by atoms with Crippen molar-refractivity contribution >= 4 is 5.91 Å². The molecule has 0 aromatic carbocycles. The van der Waals surface area contributed by atoms with Gasteiger partial charge in [-0.05, 0) is 19.1 Å². The SMILES string of the molecule is Cc1cc(C(=O)NCCn2nc(-n3cccn3)ccc2=O)no1. The van der Waals surface area contributed by atoms with Crippen LogP contribution in [-0.4, -0.2) is 37.2 Å². The third kappa shape index (κ3) is 3.34. The summed E-state index contributed by atoms with van der Waals surface area (Å²) in [7, 11) is 0. The van der Waals surface area contributed by atoms with Gasteiger partial charge in [0.1, 0.15) is 5.76 Å². The Bertz CT molecular complexity index is 865. The molecule has 3 heterocycles. The van der Waals surface area contributed by atoms with Crippen molar-refractivity contribution in [2.45, 2.75) is 13.5 Å². The molecule has 0 aliphatic rings. The number of rotatable bonds is 5. The average Bonchev–Trinajstić information content (AvgIpc) is 3.20. The van der Waals surface area contributed by atoms with Gasteiger partial charge in [0.25, 0.3) is 11.5 Å². The minimum Gasteiger partial charge on any atom is -0.361 e. The predicted molar refractivity (Wildman–Crippen MR) is 79.2 cm³/mol. The van der Waals surface area contributed by atoms with Gasteiger partial charge in [-0.2, -0.15) is 5.10 Å². The summed E-state index contributed by atoms with van der Waals surface area (Å²) in [4.78, 5) is 23.7. The van der Waals surface area contributed by atoms with Gasteiger partial charge >= 0.3 is 0 Å². The first-order chi connectivity index (χ1) is 11.1. The van der Waals surface area contributed by atoms with E-state index in [0.717, 1.165) is 0 Å². The Labute approximate surface area is 130 Å². The van der Waals surface area contributed by atoms with Crippen molar-refractivity contribution in [1.82, 2.24) is 30.0 Å². The Morgan fingerprint density at radius 1 is 1.39 bits per heavy atom. The third-order valence-electron chi connectivity index (χ3n) is 3.06. The van der Waals surface area contributed by atoms with Crippen LogP contribution < -0.4 is 10.9 Å². The molecule has 0 unspecified atom stereocenters. The van der Waals surface area contributed by atoms with E-state index in [1.54, 1.807) is 36.1 Å². The topological polar surface area (TPSA) is 108 Å². The molecule has 3 aromatic rings. The molecule has 0 fully saturated rings. The molecule has 1 N–H and O–H groups in total. The molecule has 0 saturated heterocycles. The summed E-state index contributed by atoms with van der Waals surface area (Å²) in [5.74, 6) is 0.714. The van der Waals surface area contributed by atoms with E-state index in [0.29, 0.717) is 11.6 Å². The van der Waals surface area contributed by atoms with Gasteiger partial charge in [-0.1, -0.05) is 5.16 Å². The second-order valence-corrected chi connectivity index (χ2v) is 4.78. The van der Waals surface area contributed by atoms with Gasteiger partial charge in [0.15, 0.2) is 11.5 Å². The molecule has 0 radical (unpaired) electrons. The van der Waals surface area contributed by atoms with Crippen LogP contribution in [0, 0.1) is 6.92 Å². The van der Waals surface area contributed by atoms with Crippen molar-refractivity contribution < 1.29 is 9.32 Å². The van der Waals surface area contributed by atoms with E-state index in [1.165, 1.54) is 16.8 Å². The van der Waals surface area contributed by atoms with Crippen molar-refractivity contribution in [3.05, 3.63) is 58.5 Å². The number of nitrogens with zero attached hydrogens (tertiary/aromatic N) is 5. The van der Waals surface area contributed by atoms with Crippen molar-refractivity contribution in [3.8, 4) is 5.82 Å². The van der Waals surface area contributed by atoms with Crippen LogP contribution in [0.4, 0.5) is 0 Å². The van der Waals surface area contributed by atoms with Crippen LogP contribution in [0.1, 0.15) is 16.2 Å². The van der Waals surface area contributed by atoms with Crippen LogP contribution in [0.5, 0.6) is 0 Å². The summed E-state index contributed by atoms with van der Waals surface area (Å²) >= 11 is 0. The van der Waals surface area contributed by atoms with Crippen LogP contribution in [0.2, 0.25) is 0 Å². The van der Waals surface area contributed by atoms with Gasteiger partial charge in [0.2, 0.25) is 0 Å². The van der Waals surface area contributed by atoms with E-state index in [-0.39, 0.29) is 30.2 Å². The molecule has 3 rings (SSSR count). The van der Waals surface area contributed by atoms with Gasteiger partial charge in [0, 0.05) is 31.1 Å². The first kappa shape index (κ1) is 14.7. The Hall–Kier alpha value is -3.23. The number of hydrogen-bond acceptors (Lipinski definition) is 6. The lowest BCUT2D eigenvalue weighted by Crippen LogP contribution is -2.32. The predicted octanol–water partition coefficient (Wildman–Crippen LogP) is 0.155. The van der Waals surface area contributed by atoms with Gasteiger partial charge in [-0.15, -0.1) is 5.10 Å². The Balaban J connectivity index is 1.65. The molecule has 9 heteroatoms. The molecule has 23 heavy (non-hydrogen) atoms. The van der Waals surface area contributed by atoms with Crippen LogP contribution in [0.15, 0.2) is 46.0 Å². The highest BCUT2D eigenvalue weighted by Gasteiger charge is 2.10. The van der Waals surface area contributed by atoms with Crippen molar-refractivity contribution in [3.63, 3.8) is 0 Å². The van der Waals surface area contributed by atoms with E-state index < -0.39 is 0 Å². The van der Waals surface area contributed by atoms with Crippen molar-refractivity contribution in [2.24, 2.45) is 0 Å². The lowest BCUT2D eigenvalue weighted by Gasteiger charge is -2.07. The fourth-order valence-electron chi connectivity index (χ4n) is 1.96. The standard InChI is InChI=1S/C14H14N6O3/c1-10-9-11(18-23-10)14(22)15-6-8-20-13(21)4-3-12(17-20)19-7-2-5-16-19/h2-5,7,9H,6,8H2,1H3,(H,15,22). The van der Waals surface area contributed by atoms with E-state index in [9.17, 15) is 9.59 Å². The molecular formula is C14H14N6O3. The summed E-state index contributed by atoms with van der Waals surface area (Å²) < 4.78 is 7.66. The number of carbonyl (C=O) groups excluding carboxylic acids is 1. The van der Waals surface area contributed by atoms with Crippen molar-refractivity contribution in [1.29, 1.82) is 0 Å². The van der Waals surface area contributed by atoms with Crippen LogP contribution in [0.25, 0.3) is 5.82 Å². The van der Waals surface area contributed by atoms with Gasteiger partial charge < -0.3 is 9.84 Å². The smallest absolute Gasteiger partial charge is 0.273 e. The molecule has 0 aliphatic heterocycles. The molecule has 9 nitrogen and oxygen atoms in total. The van der Waals surface area contributed by atoms with Gasteiger partial charge in [-0.25, -0.2) is 9.36 Å². The number of hydrogen-bond donors (Lipinski definition) is 1. The summed E-state index contributed by atoms with van der Waals surface area (Å²) in [5.41, 5.74) is -0.0551. The summed E-state index contributed by atoms with van der Waals surface area (Å²) in [6.45, 7) is 2.17. The van der Waals surface area contributed by atoms with E-state index >= 15 is 0 Å². The largest absolute Gasteiger partial charge is 0.361 e. The van der Waals surface area contributed by atoms with Crippen LogP contribution in [-0.2, 0) is 6.54 Å². The second-order valence-electron chi connectivity index (χ2n) is 4.78. The highest BCUT2D eigenvalue weighted by molar-refractivity contribution is 5.92. The fourth-order valence-corrected chi connectivity index (χ4v) is 1.96. The van der Waals surface area contributed by atoms with E-state index in [1.807, 2.05) is 0 Å². The molecule has 3 aromatic heterocycles. The summed E-state index contributed by atoms with van der Waals surface area (Å²) in [5, 5.41) is 14.5. The highest BCUT2D eigenvalue weighted by Crippen LogP contribution is 2.01. The Morgan fingerprint density at radius 3 is 2.96 bits per heavy atom. The number of aromatic nitrogens is 5. The Morgan fingerprint density at radius 2 is 2.26 bits per heavy atom. The minimum atomic E-state index is -0.363. The zero-order valence-corrected chi connectivity index (χ0v) is 12.3. The molecular weight excluding hydrogens is 300 g/mol. The molecule has 118 valence electrons. The molecule has 0 spiro atoms. The zero-order chi connectivity index (χ0) is 16.2. The molecule has 0 aliphatic carbocycles. The number of carbonyl (C=O) groups is 1. The highest BCUT2D eigenvalue weighted by atomic mass is 16.5. The molecule has 0 bridgehead atoms. The maximum absolute atomic E-state index is 11.8. The fraction of sp³-hybridized carbons (Fsp3) is 0.214. The monoisotopic (exact) mass is 314 g/mol. The number of amides is 1. The maximum atomic E-state index is 11.8. The maximum Gasteiger partial charge on any atom is 0.273 e. The molecule has 1 amide bonds. The summed E-state index contributed by atoms with van der Waals surface area (Å²) in [6, 6.07) is 6.30. The second kappa shape index (κ2) is 6.26. The first-order valence-corrected chi connectivity index (χ1v) is 6.93. The number of nitrogens with one attached hydrogen (secondary N) is 1. The van der Waals surface area contributed by atoms with Crippen molar-refractivity contribution in [2.75, 3.05) is 6.54 Å². The normalized spacial score (nSPS) is 10.7. The lowest BCUT2D eigenvalue weighted by atomic mass is 10.3. The van der Waals surface area contributed by atoms with Crippen LogP contribution in [0.3, 0.4) is 0 Å². The van der Waals surface area contributed by atoms with Gasteiger partial charge in [-0.3, -0.25) is 9.59 Å². The molecule has 0 saturated carbocycles. The van der Waals surface area contributed by atoms with E-state index in [2.05, 4.69) is 20.7 Å². The summed E-state index contributed by atoms with van der Waals surface area (Å²) in [6.07, 6.45) is 3.35. The van der Waals surface area contributed by atoms with Crippen LogP contribution >= 0.6 is 0 Å². The Kier molecular flexibility index (Phi) is 4.00.